The highest BCUT2D eigenvalue weighted by Gasteiger charge is 2.58. The molecular formula is C27H38O4. The highest BCUT2D eigenvalue weighted by Crippen LogP contribution is 2.66. The van der Waals surface area contributed by atoms with E-state index in [1.807, 2.05) is 0 Å². The number of fused-ring (bicyclic) bond motifs is 3. The van der Waals surface area contributed by atoms with Gasteiger partial charge in [-0.1, -0.05) is 46.3 Å². The van der Waals surface area contributed by atoms with Crippen molar-refractivity contribution in [3.8, 4) is 5.75 Å². The summed E-state index contributed by atoms with van der Waals surface area (Å²) in [6.07, 6.45) is 7.99. The van der Waals surface area contributed by atoms with E-state index in [1.165, 1.54) is 12.1 Å². The zero-order valence-corrected chi connectivity index (χ0v) is 19.6. The predicted molar refractivity (Wildman–Crippen MR) is 122 cm³/mol. The first-order chi connectivity index (χ1) is 14.4. The summed E-state index contributed by atoms with van der Waals surface area (Å²) in [5.41, 5.74) is 2.48. The normalized spacial score (nSPS) is 39.2. The molecule has 3 N–H and O–H groups in total. The number of aromatic hydroxyl groups is 1. The molecule has 0 bridgehead atoms. The van der Waals surface area contributed by atoms with Crippen LogP contribution in [0.25, 0.3) is 0 Å². The van der Waals surface area contributed by atoms with Crippen molar-refractivity contribution >= 4 is 5.97 Å². The average Bonchev–Trinajstić information content (AvgIpc) is 2.70. The summed E-state index contributed by atoms with van der Waals surface area (Å²) in [5, 5.41) is 30.7. The number of hydrogen-bond acceptors (Lipinski definition) is 3. The third-order valence-electron chi connectivity index (χ3n) is 9.75. The summed E-state index contributed by atoms with van der Waals surface area (Å²) in [6.45, 7) is 11.5. The van der Waals surface area contributed by atoms with E-state index in [2.05, 4.69) is 40.7 Å². The number of rotatable bonds is 3. The Morgan fingerprint density at radius 2 is 1.84 bits per heavy atom. The van der Waals surface area contributed by atoms with E-state index < -0.39 is 5.97 Å². The van der Waals surface area contributed by atoms with Crippen LogP contribution < -0.4 is 0 Å². The first-order valence-electron chi connectivity index (χ1n) is 11.8. The number of carbonyl (C=O) groups is 1. The molecule has 4 nitrogen and oxygen atoms in total. The fraction of sp³-hybridized carbons (Fsp3) is 0.667. The molecule has 3 aliphatic carbocycles. The third-order valence-corrected chi connectivity index (χ3v) is 9.75. The summed E-state index contributed by atoms with van der Waals surface area (Å²) in [5.74, 6) is 0.552. The molecule has 0 saturated heterocycles. The van der Waals surface area contributed by atoms with Gasteiger partial charge in [0, 0.05) is 0 Å². The molecule has 3 aliphatic rings. The molecule has 0 unspecified atom stereocenters. The van der Waals surface area contributed by atoms with Gasteiger partial charge in [-0.3, -0.25) is 0 Å². The maximum absolute atomic E-state index is 11.5. The Balaban J connectivity index is 1.72. The van der Waals surface area contributed by atoms with Gasteiger partial charge in [-0.2, -0.15) is 0 Å². The van der Waals surface area contributed by atoms with Crippen LogP contribution in [0.2, 0.25) is 0 Å². The van der Waals surface area contributed by atoms with Gasteiger partial charge in [-0.05, 0) is 96.3 Å². The number of hydrogen-bond donors (Lipinski definition) is 3. The number of phenols is 1. The van der Waals surface area contributed by atoms with Gasteiger partial charge in [0.1, 0.15) is 5.75 Å². The minimum absolute atomic E-state index is 0.0487. The minimum atomic E-state index is -0.959. The number of aromatic carboxylic acids is 1. The van der Waals surface area contributed by atoms with Crippen LogP contribution >= 0.6 is 0 Å². The lowest BCUT2D eigenvalue weighted by Crippen LogP contribution is -2.56. The van der Waals surface area contributed by atoms with Crippen LogP contribution in [0, 0.1) is 34.0 Å². The van der Waals surface area contributed by atoms with Crippen LogP contribution in [0.4, 0.5) is 0 Å². The number of aliphatic hydroxyl groups is 1. The van der Waals surface area contributed by atoms with Crippen molar-refractivity contribution in [1.29, 1.82) is 0 Å². The smallest absolute Gasteiger partial charge is 0.335 e. The SMILES string of the molecule is C[C@@H]1CC=C2[C@@H](CC[C@@H]3C(C)(C)[C@H](O)CC[C@@]23C)[C@]1(C)Cc1cc(C(=O)O)ccc1O. The van der Waals surface area contributed by atoms with E-state index in [-0.39, 0.29) is 33.7 Å². The van der Waals surface area contributed by atoms with Crippen LogP contribution in [0.15, 0.2) is 29.8 Å². The molecule has 0 aromatic heterocycles. The summed E-state index contributed by atoms with van der Waals surface area (Å²) < 4.78 is 0. The van der Waals surface area contributed by atoms with Crippen molar-refractivity contribution in [2.75, 3.05) is 0 Å². The van der Waals surface area contributed by atoms with Crippen LogP contribution in [-0.4, -0.2) is 27.4 Å². The minimum Gasteiger partial charge on any atom is -0.508 e. The molecule has 4 rings (SSSR count). The molecule has 4 heteroatoms. The first kappa shape index (κ1) is 22.4. The second-order valence-corrected chi connectivity index (χ2v) is 11.6. The number of carboxylic acid groups (broad SMARTS) is 1. The standard InChI is InChI=1S/C27H38O4/c1-16-6-8-19-20(9-11-22-25(2,3)23(29)12-13-26(19,22)4)27(16,5)15-18-14-17(24(30)31)7-10-21(18)28/h7-8,10,14,16,20,22-23,28-29H,6,9,11-13,15H2,1-5H3,(H,30,31)/t16-,20-,22-,23-,26+,27-/m1/s1. The summed E-state index contributed by atoms with van der Waals surface area (Å²) in [4.78, 5) is 11.5. The van der Waals surface area contributed by atoms with Gasteiger partial charge in [0.25, 0.3) is 0 Å². The molecule has 0 radical (unpaired) electrons. The highest BCUT2D eigenvalue weighted by molar-refractivity contribution is 5.88. The fourth-order valence-corrected chi connectivity index (χ4v) is 7.50. The Hall–Kier alpha value is -1.81. The van der Waals surface area contributed by atoms with Crippen molar-refractivity contribution < 1.29 is 20.1 Å². The number of benzene rings is 1. The maximum atomic E-state index is 11.5. The molecule has 1 aromatic carbocycles. The van der Waals surface area contributed by atoms with E-state index in [1.54, 1.807) is 11.6 Å². The van der Waals surface area contributed by atoms with E-state index in [4.69, 9.17) is 0 Å². The summed E-state index contributed by atoms with van der Waals surface area (Å²) >= 11 is 0. The third kappa shape index (κ3) is 3.33. The Kier molecular flexibility index (Phi) is 5.32. The number of aliphatic hydroxyl groups excluding tert-OH is 1. The van der Waals surface area contributed by atoms with Crippen molar-refractivity contribution in [3.63, 3.8) is 0 Å². The lowest BCUT2D eigenvalue weighted by Gasteiger charge is -2.62. The molecule has 2 fully saturated rings. The largest absolute Gasteiger partial charge is 0.508 e. The molecule has 6 atom stereocenters. The maximum Gasteiger partial charge on any atom is 0.335 e. The van der Waals surface area contributed by atoms with Crippen LogP contribution in [-0.2, 0) is 6.42 Å². The van der Waals surface area contributed by atoms with Gasteiger partial charge in [0.2, 0.25) is 0 Å². The lowest BCUT2D eigenvalue weighted by atomic mass is 9.43. The first-order valence-corrected chi connectivity index (χ1v) is 11.8. The quantitative estimate of drug-likeness (QED) is 0.532. The van der Waals surface area contributed by atoms with Crippen LogP contribution in [0.5, 0.6) is 5.75 Å². The van der Waals surface area contributed by atoms with Gasteiger partial charge < -0.3 is 15.3 Å². The van der Waals surface area contributed by atoms with Gasteiger partial charge in [0.05, 0.1) is 11.7 Å². The number of carboxylic acids is 1. The predicted octanol–water partition coefficient (Wildman–Crippen LogP) is 5.82. The lowest BCUT2D eigenvalue weighted by molar-refractivity contribution is -0.110. The van der Waals surface area contributed by atoms with Crippen molar-refractivity contribution in [1.82, 2.24) is 0 Å². The van der Waals surface area contributed by atoms with Crippen molar-refractivity contribution in [2.45, 2.75) is 79.2 Å². The van der Waals surface area contributed by atoms with Crippen molar-refractivity contribution in [3.05, 3.63) is 41.0 Å². The Labute approximate surface area is 186 Å². The van der Waals surface area contributed by atoms with Crippen LogP contribution in [0.1, 0.15) is 82.6 Å². The van der Waals surface area contributed by atoms with E-state index in [0.717, 1.165) is 37.7 Å². The zero-order chi connectivity index (χ0) is 22.8. The van der Waals surface area contributed by atoms with E-state index in [0.29, 0.717) is 24.2 Å². The van der Waals surface area contributed by atoms with E-state index >= 15 is 0 Å². The Bertz CT molecular complexity index is 916. The topological polar surface area (TPSA) is 77.8 Å². The van der Waals surface area contributed by atoms with Gasteiger partial charge in [-0.25, -0.2) is 4.79 Å². The Morgan fingerprint density at radius 1 is 1.13 bits per heavy atom. The summed E-state index contributed by atoms with van der Waals surface area (Å²) in [7, 11) is 0. The second kappa shape index (κ2) is 7.37. The monoisotopic (exact) mass is 426 g/mol. The molecule has 0 amide bonds. The second-order valence-electron chi connectivity index (χ2n) is 11.6. The van der Waals surface area contributed by atoms with E-state index in [9.17, 15) is 20.1 Å². The fourth-order valence-electron chi connectivity index (χ4n) is 7.50. The summed E-state index contributed by atoms with van der Waals surface area (Å²) in [6, 6.07) is 4.65. The highest BCUT2D eigenvalue weighted by atomic mass is 16.4. The Morgan fingerprint density at radius 3 is 2.52 bits per heavy atom. The molecule has 31 heavy (non-hydrogen) atoms. The molecule has 0 heterocycles. The van der Waals surface area contributed by atoms with Gasteiger partial charge >= 0.3 is 5.97 Å². The molecule has 170 valence electrons. The van der Waals surface area contributed by atoms with Gasteiger partial charge in [0.15, 0.2) is 0 Å². The number of phenolic OH excluding ortho intramolecular Hbond substituents is 1. The molecular weight excluding hydrogens is 388 g/mol. The van der Waals surface area contributed by atoms with Crippen LogP contribution in [0.3, 0.4) is 0 Å². The zero-order valence-electron chi connectivity index (χ0n) is 19.6. The molecule has 1 aromatic rings. The molecule has 0 aliphatic heterocycles. The molecule has 0 spiro atoms. The number of allylic oxidation sites excluding steroid dienone is 2. The van der Waals surface area contributed by atoms with Crippen molar-refractivity contribution in [2.24, 2.45) is 34.0 Å². The van der Waals surface area contributed by atoms with Gasteiger partial charge in [-0.15, -0.1) is 0 Å². The average molecular weight is 427 g/mol. The molecule has 2 saturated carbocycles.